The fourth-order valence-electron chi connectivity index (χ4n) is 3.57. The van der Waals surface area contributed by atoms with Gasteiger partial charge in [0.15, 0.2) is 5.82 Å². The number of halogens is 3. The zero-order valence-electron chi connectivity index (χ0n) is 16.5. The van der Waals surface area contributed by atoms with Crippen LogP contribution in [0.1, 0.15) is 11.5 Å². The number of carbonyl (C=O) groups is 2. The van der Waals surface area contributed by atoms with Gasteiger partial charge in [-0.05, 0) is 19.1 Å². The molecule has 0 spiro atoms. The van der Waals surface area contributed by atoms with Crippen LogP contribution in [0.5, 0.6) is 0 Å². The van der Waals surface area contributed by atoms with Crippen molar-refractivity contribution in [3.63, 3.8) is 0 Å². The standard InChI is InChI=1S/C17H20N4O3.C2HF3O2/c1-11-2-3-12(24-11)7-21-8-13-14(10-23-15(13)9-21)17(22)20-16-6-18-4-5-19-16;3-2(4,5)1(6)7/h2-6,13-15H,7-10H2,1H3,(H,19,20,22);(H,6,7)/t13-,14+,15-;/m1./s1. The van der Waals surface area contributed by atoms with Crippen LogP contribution in [0, 0.1) is 18.8 Å². The van der Waals surface area contributed by atoms with Gasteiger partial charge in [0, 0.05) is 31.4 Å². The van der Waals surface area contributed by atoms with Crippen molar-refractivity contribution in [2.75, 3.05) is 25.0 Å². The first-order valence-corrected chi connectivity index (χ1v) is 9.39. The highest BCUT2D eigenvalue weighted by atomic mass is 19.4. The molecule has 0 radical (unpaired) electrons. The highest BCUT2D eigenvalue weighted by molar-refractivity contribution is 5.92. The van der Waals surface area contributed by atoms with Crippen LogP contribution < -0.4 is 5.32 Å². The average molecular weight is 442 g/mol. The molecule has 0 saturated carbocycles. The molecule has 3 atom stereocenters. The predicted molar refractivity (Wildman–Crippen MR) is 99.8 cm³/mol. The van der Waals surface area contributed by atoms with E-state index in [1.165, 1.54) is 0 Å². The second kappa shape index (κ2) is 9.43. The van der Waals surface area contributed by atoms with E-state index in [1.54, 1.807) is 18.6 Å². The number of aryl methyl sites for hydroxylation is 1. The van der Waals surface area contributed by atoms with Crippen molar-refractivity contribution in [2.24, 2.45) is 11.8 Å². The normalized spacial score (nSPS) is 23.0. The Kier molecular flexibility index (Phi) is 6.91. The number of carboxylic acid groups (broad SMARTS) is 1. The van der Waals surface area contributed by atoms with Crippen molar-refractivity contribution in [2.45, 2.75) is 25.7 Å². The molecule has 2 N–H and O–H groups in total. The van der Waals surface area contributed by atoms with E-state index < -0.39 is 12.1 Å². The van der Waals surface area contributed by atoms with Crippen LogP contribution in [-0.2, 0) is 20.9 Å². The number of likely N-dealkylation sites (tertiary alicyclic amines) is 1. The van der Waals surface area contributed by atoms with Crippen molar-refractivity contribution in [3.05, 3.63) is 42.2 Å². The third-order valence-electron chi connectivity index (χ3n) is 4.96. The maximum atomic E-state index is 12.5. The summed E-state index contributed by atoms with van der Waals surface area (Å²) in [6.07, 6.45) is -0.286. The molecule has 2 fully saturated rings. The van der Waals surface area contributed by atoms with Crippen LogP contribution in [0.25, 0.3) is 0 Å². The molecule has 2 aromatic rings. The van der Waals surface area contributed by atoms with Gasteiger partial charge in [-0.2, -0.15) is 13.2 Å². The molecule has 0 aliphatic carbocycles. The number of hydrogen-bond acceptors (Lipinski definition) is 7. The molecule has 1 amide bonds. The Morgan fingerprint density at radius 3 is 2.61 bits per heavy atom. The van der Waals surface area contributed by atoms with E-state index in [0.29, 0.717) is 12.4 Å². The molecular formula is C19H21F3N4O5. The van der Waals surface area contributed by atoms with Gasteiger partial charge in [0.25, 0.3) is 0 Å². The summed E-state index contributed by atoms with van der Waals surface area (Å²) in [6.45, 7) is 4.83. The fraction of sp³-hybridized carbons (Fsp3) is 0.474. The lowest BCUT2D eigenvalue weighted by Crippen LogP contribution is -2.32. The van der Waals surface area contributed by atoms with E-state index in [9.17, 15) is 18.0 Å². The molecule has 9 nitrogen and oxygen atoms in total. The topological polar surface area (TPSA) is 118 Å². The highest BCUT2D eigenvalue weighted by Gasteiger charge is 2.47. The Morgan fingerprint density at radius 1 is 1.29 bits per heavy atom. The summed E-state index contributed by atoms with van der Waals surface area (Å²) in [5.74, 6) is -0.397. The van der Waals surface area contributed by atoms with E-state index in [4.69, 9.17) is 19.1 Å². The average Bonchev–Trinajstić information content (AvgIpc) is 3.38. The van der Waals surface area contributed by atoms with Crippen LogP contribution in [0.2, 0.25) is 0 Å². The number of carboxylic acids is 1. The molecule has 0 bridgehead atoms. The molecule has 12 heteroatoms. The van der Waals surface area contributed by atoms with Crippen LogP contribution >= 0.6 is 0 Å². The van der Waals surface area contributed by atoms with Gasteiger partial charge < -0.3 is 19.6 Å². The molecule has 0 unspecified atom stereocenters. The molecule has 168 valence electrons. The first-order valence-electron chi connectivity index (χ1n) is 9.39. The molecule has 31 heavy (non-hydrogen) atoms. The minimum absolute atomic E-state index is 0.0429. The second-order valence-electron chi connectivity index (χ2n) is 7.23. The largest absolute Gasteiger partial charge is 0.490 e. The van der Waals surface area contributed by atoms with Crippen molar-refractivity contribution in [3.8, 4) is 0 Å². The minimum atomic E-state index is -5.08. The van der Waals surface area contributed by atoms with Gasteiger partial charge in [-0.3, -0.25) is 14.7 Å². The van der Waals surface area contributed by atoms with E-state index in [1.807, 2.05) is 19.1 Å². The van der Waals surface area contributed by atoms with Gasteiger partial charge >= 0.3 is 12.1 Å². The monoisotopic (exact) mass is 442 g/mol. The maximum absolute atomic E-state index is 12.5. The quantitative estimate of drug-likeness (QED) is 0.739. The summed E-state index contributed by atoms with van der Waals surface area (Å²) in [5, 5.41) is 9.96. The summed E-state index contributed by atoms with van der Waals surface area (Å²) < 4.78 is 43.2. The van der Waals surface area contributed by atoms with Gasteiger partial charge in [0.1, 0.15) is 11.5 Å². The van der Waals surface area contributed by atoms with Gasteiger partial charge in [-0.1, -0.05) is 0 Å². The number of rotatable bonds is 4. The molecule has 2 aliphatic rings. The Morgan fingerprint density at radius 2 is 2.03 bits per heavy atom. The lowest BCUT2D eigenvalue weighted by Gasteiger charge is -2.18. The highest BCUT2D eigenvalue weighted by Crippen LogP contribution is 2.35. The number of nitrogens with one attached hydrogen (secondary N) is 1. The Balaban J connectivity index is 0.000000339. The lowest BCUT2D eigenvalue weighted by atomic mass is 9.92. The van der Waals surface area contributed by atoms with E-state index >= 15 is 0 Å². The number of alkyl halides is 3. The maximum Gasteiger partial charge on any atom is 0.490 e. The van der Waals surface area contributed by atoms with Crippen LogP contribution in [0.15, 0.2) is 35.1 Å². The zero-order valence-corrected chi connectivity index (χ0v) is 16.5. The molecule has 4 rings (SSSR count). The number of anilines is 1. The van der Waals surface area contributed by atoms with E-state index in [0.717, 1.165) is 31.2 Å². The van der Waals surface area contributed by atoms with Gasteiger partial charge in [0.2, 0.25) is 5.91 Å². The number of nitrogens with zero attached hydrogens (tertiary/aromatic N) is 3. The van der Waals surface area contributed by atoms with Crippen molar-refractivity contribution >= 4 is 17.7 Å². The number of carbonyl (C=O) groups excluding carboxylic acids is 1. The third-order valence-corrected chi connectivity index (χ3v) is 4.96. The first kappa shape index (κ1) is 22.7. The number of amides is 1. The van der Waals surface area contributed by atoms with Crippen LogP contribution in [-0.4, -0.2) is 63.8 Å². The van der Waals surface area contributed by atoms with Crippen molar-refractivity contribution in [1.29, 1.82) is 0 Å². The van der Waals surface area contributed by atoms with E-state index in [-0.39, 0.29) is 23.8 Å². The van der Waals surface area contributed by atoms with Gasteiger partial charge in [-0.25, -0.2) is 9.78 Å². The number of hydrogen-bond donors (Lipinski definition) is 2. The first-order chi connectivity index (χ1) is 14.6. The number of aliphatic carboxylic acids is 1. The molecule has 2 aliphatic heterocycles. The molecular weight excluding hydrogens is 421 g/mol. The Hall–Kier alpha value is -2.99. The third kappa shape index (κ3) is 6.01. The number of ether oxygens (including phenoxy) is 1. The second-order valence-corrected chi connectivity index (χ2v) is 7.23. The van der Waals surface area contributed by atoms with E-state index in [2.05, 4.69) is 20.2 Å². The summed E-state index contributed by atoms with van der Waals surface area (Å²) >= 11 is 0. The smallest absolute Gasteiger partial charge is 0.475 e. The summed E-state index contributed by atoms with van der Waals surface area (Å²) in [7, 11) is 0. The van der Waals surface area contributed by atoms with Crippen molar-refractivity contribution < 1.29 is 37.0 Å². The lowest BCUT2D eigenvalue weighted by molar-refractivity contribution is -0.192. The molecule has 0 aromatic carbocycles. The minimum Gasteiger partial charge on any atom is -0.475 e. The molecule has 2 aromatic heterocycles. The van der Waals surface area contributed by atoms with Gasteiger partial charge in [-0.15, -0.1) is 0 Å². The summed E-state index contributed by atoms with van der Waals surface area (Å²) in [4.78, 5) is 31.8. The van der Waals surface area contributed by atoms with Gasteiger partial charge in [0.05, 0.1) is 31.4 Å². The number of fused-ring (bicyclic) bond motifs is 1. The number of aromatic nitrogens is 2. The summed E-state index contributed by atoms with van der Waals surface area (Å²) in [6, 6.07) is 3.97. The molecule has 2 saturated heterocycles. The summed E-state index contributed by atoms with van der Waals surface area (Å²) in [5.41, 5.74) is 0. The SMILES string of the molecule is Cc1ccc(CN2C[C@@H]3[C@@H](C(=O)Nc4cnccn4)CO[C@@H]3C2)o1.O=C(O)C(F)(F)F. The van der Waals surface area contributed by atoms with Crippen LogP contribution in [0.4, 0.5) is 19.0 Å². The van der Waals surface area contributed by atoms with Crippen molar-refractivity contribution in [1.82, 2.24) is 14.9 Å². The Labute approximate surface area is 175 Å². The fourth-order valence-corrected chi connectivity index (χ4v) is 3.57. The van der Waals surface area contributed by atoms with Crippen LogP contribution in [0.3, 0.4) is 0 Å². The zero-order chi connectivity index (χ0) is 22.6. The Bertz CT molecular complexity index is 905. The number of furan rings is 1. The molecule has 4 heterocycles. The predicted octanol–water partition coefficient (Wildman–Crippen LogP) is 2.10.